The number of anilines is 3. The van der Waals surface area contributed by atoms with Gasteiger partial charge in [0.05, 0.1) is 5.69 Å². The number of fused-ring (bicyclic) bond motifs is 5. The third-order valence-corrected chi connectivity index (χ3v) is 12.8. The normalized spacial score (nSPS) is 12.8. The second-order valence-electron chi connectivity index (χ2n) is 19.9. The van der Waals surface area contributed by atoms with E-state index in [1.807, 2.05) is 0 Å². The zero-order valence-electron chi connectivity index (χ0n) is 36.0. The van der Waals surface area contributed by atoms with Gasteiger partial charge in [0, 0.05) is 16.8 Å². The number of benzene rings is 10. The Morgan fingerprint density at radius 1 is 0.305 bits per heavy atom. The van der Waals surface area contributed by atoms with Crippen LogP contribution in [0, 0.1) is 0 Å². The van der Waals surface area contributed by atoms with Crippen LogP contribution in [-0.4, -0.2) is 0 Å². The summed E-state index contributed by atoms with van der Waals surface area (Å²) in [5.41, 5.74) is 10.2. The van der Waals surface area contributed by atoms with E-state index in [1.165, 1.54) is 98.1 Å². The van der Waals surface area contributed by atoms with Crippen molar-refractivity contribution < 1.29 is 0 Å². The maximum atomic E-state index is 2.48. The van der Waals surface area contributed by atoms with Crippen molar-refractivity contribution in [1.29, 1.82) is 0 Å². The third-order valence-electron chi connectivity index (χ3n) is 12.8. The summed E-state index contributed by atoms with van der Waals surface area (Å²) in [5.74, 6) is 0. The first-order chi connectivity index (χ1) is 28.1. The van der Waals surface area contributed by atoms with Crippen molar-refractivity contribution >= 4 is 81.7 Å². The second-order valence-corrected chi connectivity index (χ2v) is 19.9. The molecule has 0 saturated heterocycles. The molecule has 10 aromatic rings. The molecule has 0 unspecified atom stereocenters. The molecule has 0 aliphatic rings. The highest BCUT2D eigenvalue weighted by atomic mass is 15.1. The van der Waals surface area contributed by atoms with E-state index in [1.54, 1.807) is 0 Å². The molecular weight excluding hydrogens is 711 g/mol. The molecule has 0 aromatic heterocycles. The molecule has 0 aliphatic carbocycles. The summed E-state index contributed by atoms with van der Waals surface area (Å²) in [6.45, 7) is 20.6. The van der Waals surface area contributed by atoms with Crippen molar-refractivity contribution in [3.05, 3.63) is 174 Å². The van der Waals surface area contributed by atoms with Crippen LogP contribution in [0.25, 0.3) is 75.8 Å². The molecule has 0 N–H and O–H groups in total. The molecule has 0 fully saturated rings. The van der Waals surface area contributed by atoms with Gasteiger partial charge in [0.2, 0.25) is 0 Å². The van der Waals surface area contributed by atoms with Crippen molar-refractivity contribution in [2.75, 3.05) is 4.90 Å². The first kappa shape index (κ1) is 37.1. The average molecular weight is 764 g/mol. The van der Waals surface area contributed by atoms with Crippen molar-refractivity contribution in [3.63, 3.8) is 0 Å². The predicted octanol–water partition coefficient (Wildman–Crippen LogP) is 17.1. The van der Waals surface area contributed by atoms with Crippen LogP contribution >= 0.6 is 0 Å². The highest BCUT2D eigenvalue weighted by molar-refractivity contribution is 6.29. The largest absolute Gasteiger partial charge is 0.310 e. The van der Waals surface area contributed by atoms with Gasteiger partial charge in [0.25, 0.3) is 0 Å². The van der Waals surface area contributed by atoms with E-state index in [4.69, 9.17) is 0 Å². The zero-order valence-corrected chi connectivity index (χ0v) is 36.0. The first-order valence-corrected chi connectivity index (χ1v) is 21.3. The Labute approximate surface area is 349 Å². The Balaban J connectivity index is 1.24. The average Bonchev–Trinajstić information content (AvgIpc) is 3.22. The summed E-state index contributed by atoms with van der Waals surface area (Å²) < 4.78 is 0. The van der Waals surface area contributed by atoms with Gasteiger partial charge in [-0.2, -0.15) is 0 Å². The fourth-order valence-electron chi connectivity index (χ4n) is 9.48. The van der Waals surface area contributed by atoms with E-state index < -0.39 is 0 Å². The minimum absolute atomic E-state index is 0.0640. The monoisotopic (exact) mass is 763 g/mol. The van der Waals surface area contributed by atoms with Gasteiger partial charge in [-0.25, -0.2) is 0 Å². The Morgan fingerprint density at radius 2 is 0.763 bits per heavy atom. The van der Waals surface area contributed by atoms with E-state index in [0.29, 0.717) is 0 Å². The molecule has 0 aliphatic heterocycles. The molecule has 0 heterocycles. The van der Waals surface area contributed by atoms with Gasteiger partial charge in [0.1, 0.15) is 0 Å². The summed E-state index contributed by atoms with van der Waals surface area (Å²) in [6.07, 6.45) is 0. The molecule has 290 valence electrons. The molecule has 0 amide bonds. The van der Waals surface area contributed by atoms with Crippen LogP contribution in [0.2, 0.25) is 0 Å². The van der Waals surface area contributed by atoms with Crippen molar-refractivity contribution in [2.45, 2.75) is 78.6 Å². The van der Waals surface area contributed by atoms with E-state index in [2.05, 4.69) is 225 Å². The van der Waals surface area contributed by atoms with Gasteiger partial charge in [-0.3, -0.25) is 0 Å². The number of nitrogens with zero attached hydrogens (tertiary/aromatic N) is 1. The molecule has 0 atom stereocenters. The lowest BCUT2D eigenvalue weighted by molar-refractivity contribution is 0.590. The summed E-state index contributed by atoms with van der Waals surface area (Å²) in [6, 6.07) is 60.3. The van der Waals surface area contributed by atoms with Crippen molar-refractivity contribution in [3.8, 4) is 11.1 Å². The van der Waals surface area contributed by atoms with Gasteiger partial charge in [-0.05, 0) is 140 Å². The third kappa shape index (κ3) is 6.13. The molecule has 1 nitrogen and oxygen atoms in total. The summed E-state index contributed by atoms with van der Waals surface area (Å²) in [7, 11) is 0. The van der Waals surface area contributed by atoms with Crippen LogP contribution < -0.4 is 4.90 Å². The van der Waals surface area contributed by atoms with E-state index in [-0.39, 0.29) is 16.2 Å². The minimum Gasteiger partial charge on any atom is -0.310 e. The van der Waals surface area contributed by atoms with E-state index in [0.717, 1.165) is 11.4 Å². The lowest BCUT2D eigenvalue weighted by Crippen LogP contribution is -2.14. The molecule has 10 rings (SSSR count). The molecule has 59 heavy (non-hydrogen) atoms. The number of rotatable bonds is 4. The van der Waals surface area contributed by atoms with Crippen molar-refractivity contribution in [1.82, 2.24) is 0 Å². The number of hydrogen-bond donors (Lipinski definition) is 0. The van der Waals surface area contributed by atoms with Gasteiger partial charge >= 0.3 is 0 Å². The molecule has 0 saturated carbocycles. The highest BCUT2D eigenvalue weighted by Gasteiger charge is 2.23. The van der Waals surface area contributed by atoms with Crippen LogP contribution in [0.1, 0.15) is 79.0 Å². The Morgan fingerprint density at radius 3 is 1.32 bits per heavy atom. The topological polar surface area (TPSA) is 3.24 Å². The zero-order chi connectivity index (χ0) is 41.0. The molecule has 0 bridgehead atoms. The van der Waals surface area contributed by atoms with Gasteiger partial charge in [-0.15, -0.1) is 0 Å². The Hall–Kier alpha value is -6.18. The smallest absolute Gasteiger partial charge is 0.0546 e. The van der Waals surface area contributed by atoms with Crippen LogP contribution in [0.15, 0.2) is 158 Å². The fraction of sp³-hybridized carbons (Fsp3) is 0.207. The Bertz CT molecular complexity index is 3160. The maximum absolute atomic E-state index is 2.48. The summed E-state index contributed by atoms with van der Waals surface area (Å²) >= 11 is 0. The highest BCUT2D eigenvalue weighted by Crippen LogP contribution is 2.48. The minimum atomic E-state index is 0.0640. The lowest BCUT2D eigenvalue weighted by Gasteiger charge is -2.29. The lowest BCUT2D eigenvalue weighted by atomic mass is 9.82. The summed E-state index contributed by atoms with van der Waals surface area (Å²) in [5, 5.41) is 15.5. The molecular formula is C58H53N. The molecule has 0 spiro atoms. The van der Waals surface area contributed by atoms with Gasteiger partial charge < -0.3 is 4.90 Å². The fourth-order valence-corrected chi connectivity index (χ4v) is 9.48. The quantitative estimate of drug-likeness (QED) is 0.161. The maximum Gasteiger partial charge on any atom is 0.0546 e. The van der Waals surface area contributed by atoms with Gasteiger partial charge in [-0.1, -0.05) is 184 Å². The second kappa shape index (κ2) is 13.2. The van der Waals surface area contributed by atoms with Crippen LogP contribution in [-0.2, 0) is 16.2 Å². The summed E-state index contributed by atoms with van der Waals surface area (Å²) in [4.78, 5) is 2.47. The predicted molar refractivity (Wildman–Crippen MR) is 259 cm³/mol. The molecule has 1 heteroatoms. The van der Waals surface area contributed by atoms with E-state index in [9.17, 15) is 0 Å². The Kier molecular flexibility index (Phi) is 8.28. The number of hydrogen-bond acceptors (Lipinski definition) is 1. The standard InChI is InChI=1S/C58H53N/c1-56(2,3)39-22-26-42(27-23-39)59(43-28-24-40(25-29-43)57(4,5)6)53-35-52-45-15-11-10-14-44(45)50(34-51(52)46-16-12-13-17-48(46)53)47-30-20-36-18-19-37-32-41(58(7,8)9)33-38-21-31-49(47)55(36)54(37)38/h10-35H,1-9H3. The molecule has 0 radical (unpaired) electrons. The van der Waals surface area contributed by atoms with Crippen molar-refractivity contribution in [2.24, 2.45) is 0 Å². The van der Waals surface area contributed by atoms with E-state index >= 15 is 0 Å². The van der Waals surface area contributed by atoms with Gasteiger partial charge in [0.15, 0.2) is 0 Å². The SMILES string of the molecule is CC(C)(C)c1ccc(N(c2ccc(C(C)(C)C)cc2)c2cc3c4ccccc4c(-c4ccc5ccc6cc(C(C)(C)C)cc7ccc4c5c67)cc3c3ccccc23)cc1. The van der Waals surface area contributed by atoms with Crippen LogP contribution in [0.4, 0.5) is 17.1 Å². The van der Waals surface area contributed by atoms with Crippen LogP contribution in [0.5, 0.6) is 0 Å². The molecule has 10 aromatic carbocycles. The first-order valence-electron chi connectivity index (χ1n) is 21.3. The van der Waals surface area contributed by atoms with Crippen LogP contribution in [0.3, 0.4) is 0 Å².